The first-order chi connectivity index (χ1) is 15.6. The Labute approximate surface area is 215 Å². The third-order valence-electron chi connectivity index (χ3n) is 6.08. The summed E-state index contributed by atoms with van der Waals surface area (Å²) in [5.41, 5.74) is 10.1. The highest BCUT2D eigenvalue weighted by Gasteiger charge is 2.24. The molecule has 2 N–H and O–H groups in total. The standard InChI is InChI=1S/C13H18ClNO.C13H12ClNO.2CH4/c2*14-12-3-1-10(2-4-12)13(9-15)11-5-7-16-8-6-11;;/h1-4,11,13H,5-9,15H2;1-4H,5-8H2;2*1H4. The van der Waals surface area contributed by atoms with E-state index in [1.165, 1.54) is 11.1 Å². The topological polar surface area (TPSA) is 68.3 Å². The average Bonchev–Trinajstić information content (AvgIpc) is 2.84. The summed E-state index contributed by atoms with van der Waals surface area (Å²) in [6, 6.07) is 17.8. The Morgan fingerprint density at radius 2 is 1.38 bits per heavy atom. The molecule has 0 spiro atoms. The quantitative estimate of drug-likeness (QED) is 0.437. The maximum atomic E-state index is 9.22. The van der Waals surface area contributed by atoms with Crippen molar-refractivity contribution in [2.45, 2.75) is 46.5 Å². The van der Waals surface area contributed by atoms with Crippen LogP contribution in [0.15, 0.2) is 54.1 Å². The molecule has 186 valence electrons. The van der Waals surface area contributed by atoms with E-state index in [1.807, 2.05) is 36.4 Å². The van der Waals surface area contributed by atoms with Crippen LogP contribution >= 0.6 is 23.2 Å². The molecular formula is C28H38Cl2N2O2. The highest BCUT2D eigenvalue weighted by atomic mass is 35.5. The molecule has 4 nitrogen and oxygen atoms in total. The zero-order valence-electron chi connectivity index (χ0n) is 18.2. The predicted octanol–water partition coefficient (Wildman–Crippen LogP) is 7.51. The van der Waals surface area contributed by atoms with Crippen molar-refractivity contribution in [1.82, 2.24) is 0 Å². The average molecular weight is 506 g/mol. The summed E-state index contributed by atoms with van der Waals surface area (Å²) in [5.74, 6) is 1.10. The number of rotatable bonds is 4. The van der Waals surface area contributed by atoms with E-state index in [0.717, 1.165) is 55.1 Å². The summed E-state index contributed by atoms with van der Waals surface area (Å²) in [4.78, 5) is 0. The molecule has 2 aromatic carbocycles. The second-order valence-electron chi connectivity index (χ2n) is 8.05. The van der Waals surface area contributed by atoms with Gasteiger partial charge in [-0.1, -0.05) is 62.3 Å². The van der Waals surface area contributed by atoms with Crippen LogP contribution in [0.1, 0.15) is 57.6 Å². The predicted molar refractivity (Wildman–Crippen MR) is 144 cm³/mol. The third-order valence-corrected chi connectivity index (χ3v) is 6.59. The van der Waals surface area contributed by atoms with E-state index >= 15 is 0 Å². The minimum atomic E-state index is 0. The van der Waals surface area contributed by atoms with Gasteiger partial charge in [0.05, 0.1) is 24.9 Å². The molecule has 0 radical (unpaired) electrons. The van der Waals surface area contributed by atoms with Crippen molar-refractivity contribution in [3.63, 3.8) is 0 Å². The normalized spacial score (nSPS) is 16.6. The molecule has 2 saturated heterocycles. The zero-order valence-corrected chi connectivity index (χ0v) is 19.7. The van der Waals surface area contributed by atoms with Crippen LogP contribution in [-0.2, 0) is 9.47 Å². The van der Waals surface area contributed by atoms with Gasteiger partial charge in [-0.05, 0) is 85.0 Å². The molecular weight excluding hydrogens is 467 g/mol. The highest BCUT2D eigenvalue weighted by molar-refractivity contribution is 6.30. The number of allylic oxidation sites excluding steroid dienone is 1. The summed E-state index contributed by atoms with van der Waals surface area (Å²) in [6.07, 6.45) is 3.94. The van der Waals surface area contributed by atoms with Gasteiger partial charge in [-0.3, -0.25) is 0 Å². The van der Waals surface area contributed by atoms with Crippen molar-refractivity contribution in [2.75, 3.05) is 33.0 Å². The van der Waals surface area contributed by atoms with Gasteiger partial charge in [0, 0.05) is 23.3 Å². The SMILES string of the molecule is C.C.N#CC(=C1CCOCC1)c1ccc(Cl)cc1.NCC(c1ccc(Cl)cc1)C1CCOCC1. The number of nitrogens with zero attached hydrogens (tertiary/aromatic N) is 1. The lowest BCUT2D eigenvalue weighted by atomic mass is 9.81. The van der Waals surface area contributed by atoms with E-state index in [4.69, 9.17) is 38.4 Å². The fraction of sp³-hybridized carbons (Fsp3) is 0.464. The summed E-state index contributed by atoms with van der Waals surface area (Å²) >= 11 is 11.7. The molecule has 34 heavy (non-hydrogen) atoms. The maximum Gasteiger partial charge on any atom is 0.0997 e. The van der Waals surface area contributed by atoms with Gasteiger partial charge >= 0.3 is 0 Å². The van der Waals surface area contributed by atoms with E-state index < -0.39 is 0 Å². The number of nitriles is 1. The minimum absolute atomic E-state index is 0. The molecule has 6 heteroatoms. The van der Waals surface area contributed by atoms with Crippen LogP contribution in [-0.4, -0.2) is 33.0 Å². The molecule has 2 fully saturated rings. The van der Waals surface area contributed by atoms with Crippen LogP contribution in [0.25, 0.3) is 5.57 Å². The molecule has 1 unspecified atom stereocenters. The fourth-order valence-corrected chi connectivity index (χ4v) is 4.51. The lowest BCUT2D eigenvalue weighted by molar-refractivity contribution is 0.0586. The highest BCUT2D eigenvalue weighted by Crippen LogP contribution is 2.32. The van der Waals surface area contributed by atoms with Crippen LogP contribution in [0, 0.1) is 17.2 Å². The van der Waals surface area contributed by atoms with Crippen LogP contribution in [0.3, 0.4) is 0 Å². The molecule has 0 saturated carbocycles. The van der Waals surface area contributed by atoms with Crippen LogP contribution in [0.5, 0.6) is 0 Å². The molecule has 0 aromatic heterocycles. The van der Waals surface area contributed by atoms with Gasteiger partial charge in [-0.15, -0.1) is 0 Å². The molecule has 0 amide bonds. The summed E-state index contributed by atoms with van der Waals surface area (Å²) in [6.45, 7) is 3.87. The van der Waals surface area contributed by atoms with Gasteiger partial charge in [0.15, 0.2) is 0 Å². The van der Waals surface area contributed by atoms with Crippen molar-refractivity contribution in [1.29, 1.82) is 5.26 Å². The molecule has 4 rings (SSSR count). The lowest BCUT2D eigenvalue weighted by Gasteiger charge is -2.29. The summed E-state index contributed by atoms with van der Waals surface area (Å²) < 4.78 is 10.7. The van der Waals surface area contributed by atoms with E-state index in [0.29, 0.717) is 36.6 Å². The van der Waals surface area contributed by atoms with Gasteiger partial charge in [0.25, 0.3) is 0 Å². The van der Waals surface area contributed by atoms with E-state index in [1.54, 1.807) is 0 Å². The first-order valence-corrected chi connectivity index (χ1v) is 11.9. The molecule has 2 aromatic rings. The van der Waals surface area contributed by atoms with Gasteiger partial charge < -0.3 is 15.2 Å². The van der Waals surface area contributed by atoms with Crippen molar-refractivity contribution < 1.29 is 9.47 Å². The molecule has 2 heterocycles. The van der Waals surface area contributed by atoms with Gasteiger partial charge in [0.2, 0.25) is 0 Å². The number of ether oxygens (including phenoxy) is 2. The Kier molecular flexibility index (Phi) is 14.1. The zero-order chi connectivity index (χ0) is 22.8. The Morgan fingerprint density at radius 1 is 0.882 bits per heavy atom. The number of halogens is 2. The number of hydrogen-bond acceptors (Lipinski definition) is 4. The Balaban J connectivity index is 0.000000321. The third kappa shape index (κ3) is 8.73. The second-order valence-corrected chi connectivity index (χ2v) is 8.93. The molecule has 2 aliphatic heterocycles. The second kappa shape index (κ2) is 15.9. The van der Waals surface area contributed by atoms with Crippen molar-refractivity contribution in [3.8, 4) is 6.07 Å². The number of benzene rings is 2. The summed E-state index contributed by atoms with van der Waals surface area (Å²) in [7, 11) is 0. The molecule has 1 atom stereocenters. The smallest absolute Gasteiger partial charge is 0.0997 e. The van der Waals surface area contributed by atoms with E-state index in [-0.39, 0.29) is 14.9 Å². The van der Waals surface area contributed by atoms with Crippen LogP contribution in [0.4, 0.5) is 0 Å². The largest absolute Gasteiger partial charge is 0.381 e. The first-order valence-electron chi connectivity index (χ1n) is 11.1. The Hall–Kier alpha value is -1.87. The van der Waals surface area contributed by atoms with E-state index in [9.17, 15) is 5.26 Å². The van der Waals surface area contributed by atoms with Crippen molar-refractivity contribution in [2.24, 2.45) is 11.7 Å². The van der Waals surface area contributed by atoms with E-state index in [2.05, 4.69) is 18.2 Å². The first kappa shape index (κ1) is 30.2. The maximum absolute atomic E-state index is 9.22. The Bertz CT molecular complexity index is 907. The van der Waals surface area contributed by atoms with Crippen molar-refractivity contribution in [3.05, 3.63) is 75.3 Å². The fourth-order valence-electron chi connectivity index (χ4n) is 4.26. The van der Waals surface area contributed by atoms with Crippen molar-refractivity contribution >= 4 is 28.8 Å². The van der Waals surface area contributed by atoms with Gasteiger partial charge in [-0.2, -0.15) is 5.26 Å². The van der Waals surface area contributed by atoms with Gasteiger partial charge in [-0.25, -0.2) is 0 Å². The molecule has 0 bridgehead atoms. The number of nitrogens with two attached hydrogens (primary N) is 1. The Morgan fingerprint density at radius 3 is 1.88 bits per heavy atom. The van der Waals surface area contributed by atoms with Gasteiger partial charge in [0.1, 0.15) is 0 Å². The lowest BCUT2D eigenvalue weighted by Crippen LogP contribution is -2.27. The summed E-state index contributed by atoms with van der Waals surface area (Å²) in [5, 5.41) is 10.7. The van der Waals surface area contributed by atoms with Crippen LogP contribution in [0.2, 0.25) is 10.0 Å². The monoisotopic (exact) mass is 504 g/mol. The minimum Gasteiger partial charge on any atom is -0.381 e. The molecule has 0 aliphatic carbocycles. The number of hydrogen-bond donors (Lipinski definition) is 1. The molecule has 2 aliphatic rings. The van der Waals surface area contributed by atoms with Crippen LogP contribution < -0.4 is 5.73 Å².